The number of benzene rings is 1. The van der Waals surface area contributed by atoms with Crippen LogP contribution in [0.2, 0.25) is 0 Å². The van der Waals surface area contributed by atoms with Gasteiger partial charge in [-0.05, 0) is 40.9 Å². The van der Waals surface area contributed by atoms with E-state index < -0.39 is 20.7 Å². The molecule has 0 radical (unpaired) electrons. The van der Waals surface area contributed by atoms with Gasteiger partial charge in [-0.25, -0.2) is 12.8 Å². The number of hydrogen-bond donors (Lipinski definition) is 1. The molecule has 2 N–H and O–H groups in total. The standard InChI is InChI=1S/C13H18BrFN2O3S/c1-2-17(8-9-4-3-5-20-9)21(18,19)13-7-12(16)10(14)6-11(13)15/h6-7,9H,2-5,8,16H2,1H3. The van der Waals surface area contributed by atoms with Crippen LogP contribution in [0.5, 0.6) is 0 Å². The fourth-order valence-electron chi connectivity index (χ4n) is 2.29. The molecule has 1 aliphatic heterocycles. The first-order valence-electron chi connectivity index (χ1n) is 6.72. The Labute approximate surface area is 132 Å². The monoisotopic (exact) mass is 380 g/mol. The van der Waals surface area contributed by atoms with Gasteiger partial charge < -0.3 is 10.5 Å². The van der Waals surface area contributed by atoms with Gasteiger partial charge in [-0.1, -0.05) is 6.92 Å². The lowest BCUT2D eigenvalue weighted by Crippen LogP contribution is -2.37. The molecule has 0 aromatic heterocycles. The van der Waals surface area contributed by atoms with Crippen molar-refractivity contribution in [3.05, 3.63) is 22.4 Å². The van der Waals surface area contributed by atoms with Crippen molar-refractivity contribution in [3.8, 4) is 0 Å². The molecular formula is C13H18BrFN2O3S. The van der Waals surface area contributed by atoms with Crippen LogP contribution < -0.4 is 5.73 Å². The number of hydrogen-bond acceptors (Lipinski definition) is 4. The summed E-state index contributed by atoms with van der Waals surface area (Å²) in [4.78, 5) is -0.400. The van der Waals surface area contributed by atoms with Crippen molar-refractivity contribution in [2.24, 2.45) is 0 Å². The van der Waals surface area contributed by atoms with Crippen LogP contribution in [0, 0.1) is 5.82 Å². The number of rotatable bonds is 5. The molecule has 21 heavy (non-hydrogen) atoms. The van der Waals surface area contributed by atoms with Crippen molar-refractivity contribution in [2.75, 3.05) is 25.4 Å². The van der Waals surface area contributed by atoms with E-state index >= 15 is 0 Å². The second-order valence-electron chi connectivity index (χ2n) is 4.89. The molecule has 1 aromatic carbocycles. The van der Waals surface area contributed by atoms with Gasteiger partial charge in [-0.2, -0.15) is 4.31 Å². The van der Waals surface area contributed by atoms with Crippen molar-refractivity contribution in [3.63, 3.8) is 0 Å². The van der Waals surface area contributed by atoms with E-state index in [0.717, 1.165) is 25.0 Å². The van der Waals surface area contributed by atoms with Crippen molar-refractivity contribution in [1.29, 1.82) is 0 Å². The van der Waals surface area contributed by atoms with Crippen LogP contribution in [-0.2, 0) is 14.8 Å². The largest absolute Gasteiger partial charge is 0.398 e. The SMILES string of the molecule is CCN(CC1CCCO1)S(=O)(=O)c1cc(N)c(Br)cc1F. The van der Waals surface area contributed by atoms with Crippen LogP contribution >= 0.6 is 15.9 Å². The van der Waals surface area contributed by atoms with E-state index in [2.05, 4.69) is 15.9 Å². The summed E-state index contributed by atoms with van der Waals surface area (Å²) in [5.74, 6) is -0.818. The minimum absolute atomic E-state index is 0.129. The molecule has 0 bridgehead atoms. The smallest absolute Gasteiger partial charge is 0.246 e. The first-order chi connectivity index (χ1) is 9.86. The first-order valence-corrected chi connectivity index (χ1v) is 8.95. The lowest BCUT2D eigenvalue weighted by molar-refractivity contribution is 0.0946. The molecule has 0 amide bonds. The van der Waals surface area contributed by atoms with E-state index in [1.54, 1.807) is 6.92 Å². The molecule has 1 heterocycles. The molecule has 118 valence electrons. The Balaban J connectivity index is 2.32. The van der Waals surface area contributed by atoms with Crippen molar-refractivity contribution in [2.45, 2.75) is 30.8 Å². The maximum Gasteiger partial charge on any atom is 0.246 e. The van der Waals surface area contributed by atoms with Crippen LogP contribution in [0.4, 0.5) is 10.1 Å². The third kappa shape index (κ3) is 3.56. The van der Waals surface area contributed by atoms with Gasteiger partial charge in [0.2, 0.25) is 10.0 Å². The van der Waals surface area contributed by atoms with E-state index in [1.165, 1.54) is 4.31 Å². The Morgan fingerprint density at radius 1 is 1.52 bits per heavy atom. The summed E-state index contributed by atoms with van der Waals surface area (Å²) in [6.45, 7) is 2.83. The summed E-state index contributed by atoms with van der Waals surface area (Å²) in [6.07, 6.45) is 1.61. The Bertz CT molecular complexity index is 618. The third-order valence-electron chi connectivity index (χ3n) is 3.45. The van der Waals surface area contributed by atoms with E-state index in [9.17, 15) is 12.8 Å². The summed E-state index contributed by atoms with van der Waals surface area (Å²) in [7, 11) is -3.93. The highest BCUT2D eigenvalue weighted by Crippen LogP contribution is 2.28. The fourth-order valence-corrected chi connectivity index (χ4v) is 4.17. The predicted molar refractivity (Wildman–Crippen MR) is 81.9 cm³/mol. The van der Waals surface area contributed by atoms with Crippen molar-refractivity contribution in [1.82, 2.24) is 4.31 Å². The minimum atomic E-state index is -3.93. The number of nitrogens with two attached hydrogens (primary N) is 1. The summed E-state index contributed by atoms with van der Waals surface area (Å²) in [6, 6.07) is 2.22. The molecule has 0 saturated carbocycles. The van der Waals surface area contributed by atoms with E-state index in [0.29, 0.717) is 11.1 Å². The number of halogens is 2. The average molecular weight is 381 g/mol. The van der Waals surface area contributed by atoms with Gasteiger partial charge in [-0.15, -0.1) is 0 Å². The van der Waals surface area contributed by atoms with Gasteiger partial charge in [0.25, 0.3) is 0 Å². The molecular weight excluding hydrogens is 363 g/mol. The van der Waals surface area contributed by atoms with Gasteiger partial charge >= 0.3 is 0 Å². The number of anilines is 1. The normalized spacial score (nSPS) is 19.3. The number of nitrogens with zero attached hydrogens (tertiary/aromatic N) is 1. The number of sulfonamides is 1. The molecule has 0 spiro atoms. The van der Waals surface area contributed by atoms with E-state index in [-0.39, 0.29) is 24.9 Å². The molecule has 5 nitrogen and oxygen atoms in total. The molecule has 1 atom stereocenters. The van der Waals surface area contributed by atoms with Gasteiger partial charge in [0.05, 0.1) is 6.10 Å². The van der Waals surface area contributed by atoms with Gasteiger partial charge in [0.1, 0.15) is 10.7 Å². The molecule has 1 fully saturated rings. The van der Waals surface area contributed by atoms with Crippen LogP contribution in [-0.4, -0.2) is 38.5 Å². The molecule has 8 heteroatoms. The number of likely N-dealkylation sites (N-methyl/N-ethyl adjacent to an activating group) is 1. The Morgan fingerprint density at radius 2 is 2.24 bits per heavy atom. The van der Waals surface area contributed by atoms with Crippen molar-refractivity contribution >= 4 is 31.6 Å². The summed E-state index contributed by atoms with van der Waals surface area (Å²) in [5, 5.41) is 0. The zero-order valence-electron chi connectivity index (χ0n) is 11.7. The molecule has 1 saturated heterocycles. The lowest BCUT2D eigenvalue weighted by atomic mass is 10.2. The Morgan fingerprint density at radius 3 is 2.81 bits per heavy atom. The topological polar surface area (TPSA) is 72.6 Å². The van der Waals surface area contributed by atoms with Gasteiger partial charge in [0.15, 0.2) is 0 Å². The molecule has 2 rings (SSSR count). The lowest BCUT2D eigenvalue weighted by Gasteiger charge is -2.23. The Kier molecular flexibility index (Phi) is 5.24. The van der Waals surface area contributed by atoms with Crippen LogP contribution in [0.1, 0.15) is 19.8 Å². The second kappa shape index (κ2) is 6.60. The second-order valence-corrected chi connectivity index (χ2v) is 7.66. The molecule has 0 aliphatic carbocycles. The molecule has 1 unspecified atom stereocenters. The van der Waals surface area contributed by atoms with Gasteiger partial charge in [-0.3, -0.25) is 0 Å². The highest BCUT2D eigenvalue weighted by atomic mass is 79.9. The highest BCUT2D eigenvalue weighted by Gasteiger charge is 2.30. The quantitative estimate of drug-likeness (QED) is 0.795. The minimum Gasteiger partial charge on any atom is -0.398 e. The van der Waals surface area contributed by atoms with E-state index in [1.807, 2.05) is 0 Å². The predicted octanol–water partition coefficient (Wildman–Crippen LogP) is 2.36. The van der Waals surface area contributed by atoms with Gasteiger partial charge in [0, 0.05) is 29.9 Å². The first kappa shape index (κ1) is 16.7. The van der Waals surface area contributed by atoms with E-state index in [4.69, 9.17) is 10.5 Å². The highest BCUT2D eigenvalue weighted by molar-refractivity contribution is 9.10. The van der Waals surface area contributed by atoms with Crippen LogP contribution in [0.15, 0.2) is 21.5 Å². The summed E-state index contributed by atoms with van der Waals surface area (Å²) < 4.78 is 46.2. The maximum absolute atomic E-state index is 14.0. The van der Waals surface area contributed by atoms with Crippen LogP contribution in [0.25, 0.3) is 0 Å². The van der Waals surface area contributed by atoms with Crippen LogP contribution in [0.3, 0.4) is 0 Å². The van der Waals surface area contributed by atoms with Crippen molar-refractivity contribution < 1.29 is 17.5 Å². The number of nitrogen functional groups attached to an aromatic ring is 1. The zero-order chi connectivity index (χ0) is 15.6. The molecule has 1 aliphatic rings. The molecule has 1 aromatic rings. The summed E-state index contributed by atoms with van der Waals surface area (Å²) in [5.41, 5.74) is 5.85. The maximum atomic E-state index is 14.0. The fraction of sp³-hybridized carbons (Fsp3) is 0.538. The number of ether oxygens (including phenoxy) is 1. The third-order valence-corrected chi connectivity index (χ3v) is 6.10. The average Bonchev–Trinajstić information content (AvgIpc) is 2.92. The zero-order valence-corrected chi connectivity index (χ0v) is 14.1. The summed E-state index contributed by atoms with van der Waals surface area (Å²) >= 11 is 3.08. The Hall–Kier alpha value is -0.700.